The molecule has 0 atom stereocenters. The third-order valence-corrected chi connectivity index (χ3v) is 7.17. The molecule has 2 heterocycles. The summed E-state index contributed by atoms with van der Waals surface area (Å²) in [5.41, 5.74) is 14.0. The highest BCUT2D eigenvalue weighted by Gasteiger charge is 2.12. The Hall–Kier alpha value is -5.13. The molecule has 0 radical (unpaired) electrons. The topological polar surface area (TPSA) is 68.9 Å². The van der Waals surface area contributed by atoms with Crippen molar-refractivity contribution in [1.82, 2.24) is 15.0 Å². The summed E-state index contributed by atoms with van der Waals surface area (Å²) >= 11 is 0. The van der Waals surface area contributed by atoms with E-state index in [4.69, 9.17) is 4.98 Å². The summed E-state index contributed by atoms with van der Waals surface area (Å²) in [5, 5.41) is 5.75. The summed E-state index contributed by atoms with van der Waals surface area (Å²) < 4.78 is 0. The minimum Gasteiger partial charge on any atom is -0.354 e. The summed E-state index contributed by atoms with van der Waals surface area (Å²) in [6.07, 6.45) is 2.82. The molecule has 3 N–H and O–H groups in total. The molecule has 0 amide bonds. The standard InChI is InChI=1S/C35H27N5.ClH/c1-2-8-24(9-3-1)22-25-14-16-26(17-15-25)34-30(29-10-4-5-11-31(29)37-34)23-36-40-28-20-18-27(19-21-28)35-38-32-12-6-7-13-33(32)39-35;/h1-21,23,37,40H,22H2,(H,38,39);1H/b36-23+;. The maximum atomic E-state index is 4.69. The fourth-order valence-corrected chi connectivity index (χ4v) is 5.11. The third kappa shape index (κ3) is 5.49. The Labute approximate surface area is 244 Å². The first-order chi connectivity index (χ1) is 19.8. The van der Waals surface area contributed by atoms with Crippen molar-refractivity contribution in [3.63, 3.8) is 0 Å². The normalized spacial score (nSPS) is 11.2. The van der Waals surface area contributed by atoms with Crippen LogP contribution < -0.4 is 5.43 Å². The summed E-state index contributed by atoms with van der Waals surface area (Å²) in [6.45, 7) is 0. The average Bonchev–Trinajstić information content (AvgIpc) is 3.61. The number of para-hydroxylation sites is 3. The van der Waals surface area contributed by atoms with Crippen LogP contribution in [-0.2, 0) is 6.42 Å². The second-order valence-corrected chi connectivity index (χ2v) is 9.87. The number of anilines is 1. The maximum absolute atomic E-state index is 4.69. The first kappa shape index (κ1) is 26.1. The molecule has 2 aromatic heterocycles. The van der Waals surface area contributed by atoms with Crippen LogP contribution in [0.5, 0.6) is 0 Å². The van der Waals surface area contributed by atoms with E-state index in [2.05, 4.69) is 93.3 Å². The Morgan fingerprint density at radius 1 is 0.634 bits per heavy atom. The van der Waals surface area contributed by atoms with E-state index in [1.54, 1.807) is 0 Å². The second kappa shape index (κ2) is 11.5. The molecule has 41 heavy (non-hydrogen) atoms. The highest BCUT2D eigenvalue weighted by molar-refractivity contribution is 6.06. The summed E-state index contributed by atoms with van der Waals surface area (Å²) in [4.78, 5) is 11.7. The number of halogens is 1. The molecule has 200 valence electrons. The van der Waals surface area contributed by atoms with Gasteiger partial charge in [-0.15, -0.1) is 12.4 Å². The molecule has 0 spiro atoms. The van der Waals surface area contributed by atoms with Crippen molar-refractivity contribution >= 4 is 46.2 Å². The van der Waals surface area contributed by atoms with Gasteiger partial charge in [0.2, 0.25) is 0 Å². The van der Waals surface area contributed by atoms with Gasteiger partial charge in [0.05, 0.1) is 28.6 Å². The van der Waals surface area contributed by atoms with Crippen LogP contribution in [0.25, 0.3) is 44.6 Å². The largest absolute Gasteiger partial charge is 0.354 e. The van der Waals surface area contributed by atoms with Gasteiger partial charge >= 0.3 is 0 Å². The van der Waals surface area contributed by atoms with Gasteiger partial charge in [-0.1, -0.05) is 84.9 Å². The van der Waals surface area contributed by atoms with Crippen molar-refractivity contribution in [2.75, 3.05) is 5.43 Å². The van der Waals surface area contributed by atoms with Gasteiger partial charge in [-0.3, -0.25) is 5.43 Å². The number of nitrogens with zero attached hydrogens (tertiary/aromatic N) is 2. The molecule has 7 rings (SSSR count). The first-order valence-electron chi connectivity index (χ1n) is 13.4. The van der Waals surface area contributed by atoms with E-state index >= 15 is 0 Å². The number of imidazole rings is 1. The van der Waals surface area contributed by atoms with Crippen molar-refractivity contribution in [2.45, 2.75) is 6.42 Å². The summed E-state index contributed by atoms with van der Waals surface area (Å²) in [7, 11) is 0. The molecular formula is C35H28ClN5. The monoisotopic (exact) mass is 553 g/mol. The van der Waals surface area contributed by atoms with Gasteiger partial charge in [-0.2, -0.15) is 5.10 Å². The Bertz CT molecular complexity index is 1900. The number of hydrogen-bond acceptors (Lipinski definition) is 3. The minimum absolute atomic E-state index is 0. The number of hydrazone groups is 1. The van der Waals surface area contributed by atoms with Gasteiger partial charge in [0.15, 0.2) is 0 Å². The predicted molar refractivity (Wildman–Crippen MR) is 173 cm³/mol. The molecule has 7 aromatic rings. The van der Waals surface area contributed by atoms with E-state index in [0.717, 1.165) is 62.3 Å². The lowest BCUT2D eigenvalue weighted by Crippen LogP contribution is -1.93. The van der Waals surface area contributed by atoms with E-state index in [0.29, 0.717) is 0 Å². The molecule has 0 fully saturated rings. The van der Waals surface area contributed by atoms with Crippen LogP contribution in [-0.4, -0.2) is 21.2 Å². The van der Waals surface area contributed by atoms with E-state index in [-0.39, 0.29) is 12.4 Å². The molecule has 0 saturated heterocycles. The number of aromatic nitrogens is 3. The smallest absolute Gasteiger partial charge is 0.138 e. The van der Waals surface area contributed by atoms with Crippen molar-refractivity contribution in [3.05, 3.63) is 144 Å². The number of benzene rings is 5. The zero-order chi connectivity index (χ0) is 26.7. The van der Waals surface area contributed by atoms with Gasteiger partial charge in [-0.25, -0.2) is 4.98 Å². The lowest BCUT2D eigenvalue weighted by molar-refractivity contribution is 1.19. The highest BCUT2D eigenvalue weighted by atomic mass is 35.5. The number of hydrogen-bond donors (Lipinski definition) is 3. The third-order valence-electron chi connectivity index (χ3n) is 7.17. The molecule has 0 aliphatic carbocycles. The molecule has 6 heteroatoms. The fraction of sp³-hybridized carbons (Fsp3) is 0.0286. The molecular weight excluding hydrogens is 526 g/mol. The number of fused-ring (bicyclic) bond motifs is 2. The molecule has 0 bridgehead atoms. The Kier molecular flexibility index (Phi) is 7.35. The average molecular weight is 554 g/mol. The fourth-order valence-electron chi connectivity index (χ4n) is 5.11. The van der Waals surface area contributed by atoms with E-state index < -0.39 is 0 Å². The molecule has 0 unspecified atom stereocenters. The van der Waals surface area contributed by atoms with Crippen molar-refractivity contribution in [2.24, 2.45) is 5.10 Å². The van der Waals surface area contributed by atoms with Gasteiger partial charge in [0, 0.05) is 22.0 Å². The van der Waals surface area contributed by atoms with Crippen molar-refractivity contribution < 1.29 is 0 Å². The van der Waals surface area contributed by atoms with E-state index in [9.17, 15) is 0 Å². The Balaban J connectivity index is 0.00000302. The van der Waals surface area contributed by atoms with Crippen LogP contribution in [0.3, 0.4) is 0 Å². The first-order valence-corrected chi connectivity index (χ1v) is 13.4. The van der Waals surface area contributed by atoms with Crippen molar-refractivity contribution in [1.29, 1.82) is 0 Å². The van der Waals surface area contributed by atoms with Crippen LogP contribution in [0, 0.1) is 0 Å². The molecule has 0 saturated carbocycles. The van der Waals surface area contributed by atoms with Crippen LogP contribution in [0.1, 0.15) is 16.7 Å². The van der Waals surface area contributed by atoms with Crippen LogP contribution in [0.4, 0.5) is 5.69 Å². The number of aromatic amines is 2. The quantitative estimate of drug-likeness (QED) is 0.136. The number of nitrogens with one attached hydrogen (secondary N) is 3. The summed E-state index contributed by atoms with van der Waals surface area (Å²) in [6, 6.07) is 43.9. The second-order valence-electron chi connectivity index (χ2n) is 9.87. The van der Waals surface area contributed by atoms with Gasteiger partial charge in [0.1, 0.15) is 5.82 Å². The number of rotatable bonds is 7. The van der Waals surface area contributed by atoms with Crippen LogP contribution >= 0.6 is 12.4 Å². The number of H-pyrrole nitrogens is 2. The predicted octanol–water partition coefficient (Wildman–Crippen LogP) is 8.84. The van der Waals surface area contributed by atoms with E-state index in [1.165, 1.54) is 11.1 Å². The van der Waals surface area contributed by atoms with E-state index in [1.807, 2.05) is 60.8 Å². The Morgan fingerprint density at radius 2 is 1.29 bits per heavy atom. The van der Waals surface area contributed by atoms with Crippen LogP contribution in [0.2, 0.25) is 0 Å². The molecule has 5 aromatic carbocycles. The van der Waals surface area contributed by atoms with Gasteiger partial charge < -0.3 is 9.97 Å². The lowest BCUT2D eigenvalue weighted by atomic mass is 10.0. The molecule has 0 aliphatic rings. The zero-order valence-electron chi connectivity index (χ0n) is 22.2. The minimum atomic E-state index is 0. The lowest BCUT2D eigenvalue weighted by Gasteiger charge is -2.06. The Morgan fingerprint density at radius 3 is 2.07 bits per heavy atom. The maximum Gasteiger partial charge on any atom is 0.138 e. The van der Waals surface area contributed by atoms with Crippen molar-refractivity contribution in [3.8, 4) is 22.6 Å². The zero-order valence-corrected chi connectivity index (χ0v) is 23.0. The summed E-state index contributed by atoms with van der Waals surface area (Å²) in [5.74, 6) is 0.856. The van der Waals surface area contributed by atoms with Gasteiger partial charge in [0.25, 0.3) is 0 Å². The molecule has 5 nitrogen and oxygen atoms in total. The van der Waals surface area contributed by atoms with Crippen LogP contribution in [0.15, 0.2) is 132 Å². The highest BCUT2D eigenvalue weighted by Crippen LogP contribution is 2.30. The molecule has 0 aliphatic heterocycles. The SMILES string of the molecule is C(=N\Nc1ccc(-c2nc3ccccc3[nH]2)cc1)/c1c(-c2ccc(Cc3ccccc3)cc2)[nH]c2ccccc12.Cl. The van der Waals surface area contributed by atoms with Gasteiger partial charge in [-0.05, 0) is 65.6 Å².